The molecule has 3 heteroatoms. The van der Waals surface area contributed by atoms with Crippen molar-refractivity contribution in [2.75, 3.05) is 13.1 Å². The third-order valence-corrected chi connectivity index (χ3v) is 4.31. The fourth-order valence-electron chi connectivity index (χ4n) is 2.52. The van der Waals surface area contributed by atoms with Gasteiger partial charge in [0.15, 0.2) is 0 Å². The molecule has 0 aromatic heterocycles. The first-order valence-corrected chi connectivity index (χ1v) is 8.05. The van der Waals surface area contributed by atoms with Crippen molar-refractivity contribution in [3.05, 3.63) is 33.4 Å². The number of hydrogen-bond acceptors (Lipinski definition) is 2. The van der Waals surface area contributed by atoms with Crippen LogP contribution in [0.3, 0.4) is 0 Å². The van der Waals surface area contributed by atoms with Gasteiger partial charge in [-0.1, -0.05) is 25.5 Å². The largest absolute Gasteiger partial charge is 0.329 e. The first kappa shape index (κ1) is 14.3. The fraction of sp³-hybridized carbons (Fsp3) is 0.600. The van der Waals surface area contributed by atoms with E-state index in [0.29, 0.717) is 6.04 Å². The zero-order valence-electron chi connectivity index (χ0n) is 11.1. The summed E-state index contributed by atoms with van der Waals surface area (Å²) in [5.41, 5.74) is 7.43. The predicted molar refractivity (Wildman–Crippen MR) is 85.6 cm³/mol. The highest BCUT2D eigenvalue weighted by atomic mass is 127. The van der Waals surface area contributed by atoms with Crippen LogP contribution < -0.4 is 5.73 Å². The van der Waals surface area contributed by atoms with Crippen LogP contribution in [-0.4, -0.2) is 24.0 Å². The Labute approximate surface area is 124 Å². The lowest BCUT2D eigenvalue weighted by Gasteiger charge is -2.31. The summed E-state index contributed by atoms with van der Waals surface area (Å²) in [5, 5.41) is 0. The quantitative estimate of drug-likeness (QED) is 0.756. The van der Waals surface area contributed by atoms with Crippen LogP contribution in [0, 0.1) is 3.57 Å². The maximum absolute atomic E-state index is 6.05. The Bertz CT molecular complexity index is 377. The topological polar surface area (TPSA) is 29.3 Å². The van der Waals surface area contributed by atoms with E-state index in [9.17, 15) is 0 Å². The van der Waals surface area contributed by atoms with Gasteiger partial charge in [-0.2, -0.15) is 0 Å². The Kier molecular flexibility index (Phi) is 5.45. The number of hydrogen-bond donors (Lipinski definition) is 1. The maximum atomic E-state index is 6.05. The molecule has 18 heavy (non-hydrogen) atoms. The van der Waals surface area contributed by atoms with E-state index in [2.05, 4.69) is 58.7 Å². The number of halogens is 1. The molecule has 2 nitrogen and oxygen atoms in total. The van der Waals surface area contributed by atoms with Crippen molar-refractivity contribution < 1.29 is 0 Å². The van der Waals surface area contributed by atoms with E-state index in [1.807, 2.05) is 0 Å². The number of unbranched alkanes of at least 4 members (excludes halogenated alkanes) is 1. The van der Waals surface area contributed by atoms with Gasteiger partial charge in [0.25, 0.3) is 0 Å². The molecule has 1 aromatic carbocycles. The molecule has 1 saturated carbocycles. The van der Waals surface area contributed by atoms with Gasteiger partial charge < -0.3 is 5.73 Å². The molecule has 1 atom stereocenters. The SMILES string of the molecule is CCCCN(C1CC1)C(CN)c1cccc(I)c1. The van der Waals surface area contributed by atoms with Crippen LogP contribution >= 0.6 is 22.6 Å². The molecule has 0 spiro atoms. The Morgan fingerprint density at radius 3 is 2.78 bits per heavy atom. The Balaban J connectivity index is 2.13. The summed E-state index contributed by atoms with van der Waals surface area (Å²) in [6.07, 6.45) is 5.23. The Hall–Kier alpha value is -0.130. The van der Waals surface area contributed by atoms with Gasteiger partial charge in [0.1, 0.15) is 0 Å². The summed E-state index contributed by atoms with van der Waals surface area (Å²) in [4.78, 5) is 2.63. The molecule has 1 aliphatic rings. The van der Waals surface area contributed by atoms with Gasteiger partial charge in [0.2, 0.25) is 0 Å². The molecule has 2 N–H and O–H groups in total. The summed E-state index contributed by atoms with van der Waals surface area (Å²) in [7, 11) is 0. The highest BCUT2D eigenvalue weighted by Gasteiger charge is 2.33. The van der Waals surface area contributed by atoms with Crippen molar-refractivity contribution in [1.29, 1.82) is 0 Å². The minimum atomic E-state index is 0.402. The third kappa shape index (κ3) is 3.68. The second-order valence-electron chi connectivity index (χ2n) is 5.13. The molecular formula is C15H23IN2. The molecule has 0 radical (unpaired) electrons. The average Bonchev–Trinajstić information content (AvgIpc) is 3.18. The smallest absolute Gasteiger partial charge is 0.0473 e. The van der Waals surface area contributed by atoms with Crippen molar-refractivity contribution >= 4 is 22.6 Å². The molecular weight excluding hydrogens is 335 g/mol. The molecule has 2 rings (SSSR count). The van der Waals surface area contributed by atoms with E-state index >= 15 is 0 Å². The van der Waals surface area contributed by atoms with Crippen LogP contribution in [0.1, 0.15) is 44.2 Å². The molecule has 1 aliphatic carbocycles. The van der Waals surface area contributed by atoms with E-state index in [4.69, 9.17) is 5.73 Å². The number of benzene rings is 1. The molecule has 0 amide bonds. The molecule has 1 fully saturated rings. The minimum Gasteiger partial charge on any atom is -0.329 e. The lowest BCUT2D eigenvalue weighted by atomic mass is 10.0. The van der Waals surface area contributed by atoms with Gasteiger partial charge >= 0.3 is 0 Å². The normalized spacial score (nSPS) is 17.1. The van der Waals surface area contributed by atoms with Crippen LogP contribution in [-0.2, 0) is 0 Å². The van der Waals surface area contributed by atoms with Crippen molar-refractivity contribution in [3.63, 3.8) is 0 Å². The zero-order valence-corrected chi connectivity index (χ0v) is 13.3. The van der Waals surface area contributed by atoms with Gasteiger partial charge in [-0.3, -0.25) is 4.90 Å². The fourth-order valence-corrected chi connectivity index (χ4v) is 3.08. The van der Waals surface area contributed by atoms with Gasteiger partial charge in [-0.25, -0.2) is 0 Å². The first-order valence-electron chi connectivity index (χ1n) is 6.97. The van der Waals surface area contributed by atoms with E-state index in [1.165, 1.54) is 41.4 Å². The maximum Gasteiger partial charge on any atom is 0.0473 e. The van der Waals surface area contributed by atoms with Crippen LogP contribution in [0.2, 0.25) is 0 Å². The molecule has 0 saturated heterocycles. The Morgan fingerprint density at radius 2 is 2.22 bits per heavy atom. The lowest BCUT2D eigenvalue weighted by molar-refractivity contribution is 0.188. The highest BCUT2D eigenvalue weighted by Crippen LogP contribution is 2.34. The highest BCUT2D eigenvalue weighted by molar-refractivity contribution is 14.1. The van der Waals surface area contributed by atoms with E-state index in [1.54, 1.807) is 0 Å². The van der Waals surface area contributed by atoms with Crippen LogP contribution in [0.25, 0.3) is 0 Å². The number of nitrogens with two attached hydrogens (primary N) is 1. The molecule has 100 valence electrons. The summed E-state index contributed by atoms with van der Waals surface area (Å²) >= 11 is 2.38. The van der Waals surface area contributed by atoms with Crippen LogP contribution in [0.5, 0.6) is 0 Å². The van der Waals surface area contributed by atoms with Crippen molar-refractivity contribution in [2.24, 2.45) is 5.73 Å². The summed E-state index contributed by atoms with van der Waals surface area (Å²) < 4.78 is 1.30. The second-order valence-corrected chi connectivity index (χ2v) is 6.37. The third-order valence-electron chi connectivity index (χ3n) is 3.64. The standard InChI is InChI=1S/C15H23IN2/c1-2-3-9-18(14-7-8-14)15(11-17)12-5-4-6-13(16)10-12/h4-6,10,14-15H,2-3,7-9,11,17H2,1H3. The van der Waals surface area contributed by atoms with Gasteiger partial charge in [0, 0.05) is 22.2 Å². The van der Waals surface area contributed by atoms with Crippen molar-refractivity contribution in [1.82, 2.24) is 4.90 Å². The summed E-state index contributed by atoms with van der Waals surface area (Å²) in [6.45, 7) is 4.17. The second kappa shape index (κ2) is 6.87. The predicted octanol–water partition coefficient (Wildman–Crippen LogP) is 3.56. The van der Waals surface area contributed by atoms with Crippen molar-refractivity contribution in [3.8, 4) is 0 Å². The van der Waals surface area contributed by atoms with Gasteiger partial charge in [-0.05, 0) is 66.1 Å². The molecule has 0 heterocycles. The van der Waals surface area contributed by atoms with Crippen LogP contribution in [0.15, 0.2) is 24.3 Å². The Morgan fingerprint density at radius 1 is 1.44 bits per heavy atom. The molecule has 1 unspecified atom stereocenters. The monoisotopic (exact) mass is 358 g/mol. The minimum absolute atomic E-state index is 0.402. The number of nitrogens with zero attached hydrogens (tertiary/aromatic N) is 1. The lowest BCUT2D eigenvalue weighted by Crippen LogP contribution is -2.36. The van der Waals surface area contributed by atoms with Crippen molar-refractivity contribution in [2.45, 2.75) is 44.7 Å². The van der Waals surface area contributed by atoms with Gasteiger partial charge in [-0.15, -0.1) is 0 Å². The van der Waals surface area contributed by atoms with E-state index in [0.717, 1.165) is 12.6 Å². The molecule has 0 bridgehead atoms. The van der Waals surface area contributed by atoms with E-state index < -0.39 is 0 Å². The summed E-state index contributed by atoms with van der Waals surface area (Å²) in [6, 6.07) is 9.97. The number of rotatable bonds is 7. The van der Waals surface area contributed by atoms with Crippen LogP contribution in [0.4, 0.5) is 0 Å². The van der Waals surface area contributed by atoms with Gasteiger partial charge in [0.05, 0.1) is 0 Å². The molecule has 1 aromatic rings. The zero-order chi connectivity index (χ0) is 13.0. The first-order chi connectivity index (χ1) is 8.76. The summed E-state index contributed by atoms with van der Waals surface area (Å²) in [5.74, 6) is 0. The molecule has 0 aliphatic heterocycles. The average molecular weight is 358 g/mol. The van der Waals surface area contributed by atoms with E-state index in [-0.39, 0.29) is 0 Å².